The van der Waals surface area contributed by atoms with Gasteiger partial charge in [0.1, 0.15) is 11.4 Å². The third-order valence-corrected chi connectivity index (χ3v) is 2.24. The summed E-state index contributed by atoms with van der Waals surface area (Å²) < 4.78 is 7.27. The number of esters is 1. The monoisotopic (exact) mass is 238 g/mol. The van der Waals surface area contributed by atoms with Crippen LogP contribution in [0.1, 0.15) is 52.8 Å². The van der Waals surface area contributed by atoms with Gasteiger partial charge in [0.25, 0.3) is 0 Å². The second-order valence-electron chi connectivity index (χ2n) is 5.47. The molecule has 0 fully saturated rings. The summed E-state index contributed by atoms with van der Waals surface area (Å²) >= 11 is 0. The summed E-state index contributed by atoms with van der Waals surface area (Å²) in [4.78, 5) is 15.9. The molecule has 0 aliphatic rings. The van der Waals surface area contributed by atoms with Crippen LogP contribution < -0.4 is 0 Å². The van der Waals surface area contributed by atoms with Crippen molar-refractivity contribution in [1.82, 2.24) is 9.55 Å². The molecule has 0 radical (unpaired) electrons. The average molecular weight is 238 g/mol. The number of imidazole rings is 1. The maximum Gasteiger partial charge on any atom is 0.308 e. The zero-order chi connectivity index (χ0) is 13.1. The van der Waals surface area contributed by atoms with Crippen LogP contribution in [0.3, 0.4) is 0 Å². The first-order chi connectivity index (χ1) is 7.79. The van der Waals surface area contributed by atoms with E-state index in [-0.39, 0.29) is 5.97 Å². The first kappa shape index (κ1) is 13.7. The minimum atomic E-state index is -0.410. The number of aromatic nitrogens is 2. The molecule has 0 unspecified atom stereocenters. The van der Waals surface area contributed by atoms with Crippen molar-refractivity contribution in [2.75, 3.05) is 0 Å². The summed E-state index contributed by atoms with van der Waals surface area (Å²) in [6.45, 7) is 10.4. The Kier molecular flexibility index (Phi) is 4.32. The van der Waals surface area contributed by atoms with Gasteiger partial charge in [-0.1, -0.05) is 13.8 Å². The van der Waals surface area contributed by atoms with Crippen molar-refractivity contribution < 1.29 is 9.53 Å². The minimum Gasteiger partial charge on any atom is -0.460 e. The number of hydrogen-bond donors (Lipinski definition) is 0. The van der Waals surface area contributed by atoms with E-state index in [0.717, 1.165) is 5.82 Å². The van der Waals surface area contributed by atoms with Gasteiger partial charge in [0.2, 0.25) is 0 Å². The van der Waals surface area contributed by atoms with Crippen LogP contribution in [-0.2, 0) is 16.1 Å². The molecule has 0 N–H and O–H groups in total. The fourth-order valence-electron chi connectivity index (χ4n) is 1.61. The van der Waals surface area contributed by atoms with Crippen molar-refractivity contribution in [2.24, 2.45) is 0 Å². The SMILES string of the molecule is CC(C)c1nccn1CCC(=O)OC(C)(C)C. The maximum absolute atomic E-state index is 11.6. The van der Waals surface area contributed by atoms with E-state index in [1.807, 2.05) is 31.5 Å². The zero-order valence-electron chi connectivity index (χ0n) is 11.4. The maximum atomic E-state index is 11.6. The third kappa shape index (κ3) is 4.59. The molecule has 0 saturated carbocycles. The molecular weight excluding hydrogens is 216 g/mol. The number of aryl methyl sites for hydroxylation is 1. The van der Waals surface area contributed by atoms with Crippen molar-refractivity contribution in [3.63, 3.8) is 0 Å². The normalized spacial score (nSPS) is 11.9. The van der Waals surface area contributed by atoms with E-state index in [1.165, 1.54) is 0 Å². The molecule has 0 spiro atoms. The van der Waals surface area contributed by atoms with E-state index in [2.05, 4.69) is 18.8 Å². The Morgan fingerprint density at radius 2 is 2.12 bits per heavy atom. The van der Waals surface area contributed by atoms with Crippen LogP contribution in [0.2, 0.25) is 0 Å². The number of rotatable bonds is 4. The molecule has 0 saturated heterocycles. The van der Waals surface area contributed by atoms with Gasteiger partial charge in [-0.2, -0.15) is 0 Å². The molecule has 1 heterocycles. The van der Waals surface area contributed by atoms with Gasteiger partial charge in [-0.25, -0.2) is 4.98 Å². The molecule has 1 aromatic rings. The van der Waals surface area contributed by atoms with Crippen LogP contribution in [-0.4, -0.2) is 21.1 Å². The molecule has 0 aromatic carbocycles. The Hall–Kier alpha value is -1.32. The molecule has 4 nitrogen and oxygen atoms in total. The topological polar surface area (TPSA) is 44.1 Å². The predicted octanol–water partition coefficient (Wildman–Crippen LogP) is 2.74. The fraction of sp³-hybridized carbons (Fsp3) is 0.692. The van der Waals surface area contributed by atoms with Gasteiger partial charge in [-0.05, 0) is 20.8 Å². The smallest absolute Gasteiger partial charge is 0.308 e. The number of nitrogens with zero attached hydrogens (tertiary/aromatic N) is 2. The Morgan fingerprint density at radius 1 is 1.47 bits per heavy atom. The number of carbonyl (C=O) groups excluding carboxylic acids is 1. The summed E-state index contributed by atoms with van der Waals surface area (Å²) in [6, 6.07) is 0. The zero-order valence-corrected chi connectivity index (χ0v) is 11.4. The summed E-state index contributed by atoms with van der Waals surface area (Å²) in [5, 5.41) is 0. The molecule has 4 heteroatoms. The summed E-state index contributed by atoms with van der Waals surface area (Å²) in [5.41, 5.74) is -0.410. The van der Waals surface area contributed by atoms with Gasteiger partial charge in [0.05, 0.1) is 6.42 Å². The molecule has 0 amide bonds. The van der Waals surface area contributed by atoms with Gasteiger partial charge in [-0.3, -0.25) is 4.79 Å². The first-order valence-electron chi connectivity index (χ1n) is 6.02. The highest BCUT2D eigenvalue weighted by atomic mass is 16.6. The van der Waals surface area contributed by atoms with E-state index in [9.17, 15) is 4.79 Å². The molecule has 1 aromatic heterocycles. The van der Waals surface area contributed by atoms with E-state index in [0.29, 0.717) is 18.9 Å². The highest BCUT2D eigenvalue weighted by Gasteiger charge is 2.16. The van der Waals surface area contributed by atoms with Crippen LogP contribution >= 0.6 is 0 Å². The Bertz CT molecular complexity index is 375. The molecule has 0 aliphatic heterocycles. The number of hydrogen-bond acceptors (Lipinski definition) is 3. The lowest BCUT2D eigenvalue weighted by Gasteiger charge is -2.19. The lowest BCUT2D eigenvalue weighted by Crippen LogP contribution is -2.24. The van der Waals surface area contributed by atoms with Crippen molar-refractivity contribution in [2.45, 2.75) is 59.1 Å². The van der Waals surface area contributed by atoms with Crippen molar-refractivity contribution in [3.8, 4) is 0 Å². The van der Waals surface area contributed by atoms with Gasteiger partial charge in [0, 0.05) is 24.9 Å². The summed E-state index contributed by atoms with van der Waals surface area (Å²) in [6.07, 6.45) is 4.05. The predicted molar refractivity (Wildman–Crippen MR) is 66.8 cm³/mol. The molecule has 96 valence electrons. The third-order valence-electron chi connectivity index (χ3n) is 2.24. The molecular formula is C13H22N2O2. The Labute approximate surface area is 103 Å². The average Bonchev–Trinajstić information content (AvgIpc) is 2.59. The Morgan fingerprint density at radius 3 is 2.65 bits per heavy atom. The lowest BCUT2D eigenvalue weighted by molar-refractivity contribution is -0.155. The number of ether oxygens (including phenoxy) is 1. The minimum absolute atomic E-state index is 0.166. The molecule has 1 rings (SSSR count). The van der Waals surface area contributed by atoms with E-state index in [1.54, 1.807) is 6.20 Å². The van der Waals surface area contributed by atoms with Crippen LogP contribution in [0.4, 0.5) is 0 Å². The van der Waals surface area contributed by atoms with E-state index in [4.69, 9.17) is 4.74 Å². The van der Waals surface area contributed by atoms with Crippen LogP contribution in [0.25, 0.3) is 0 Å². The molecule has 17 heavy (non-hydrogen) atoms. The van der Waals surface area contributed by atoms with Crippen LogP contribution in [0.15, 0.2) is 12.4 Å². The van der Waals surface area contributed by atoms with Gasteiger partial charge in [-0.15, -0.1) is 0 Å². The molecule has 0 atom stereocenters. The summed E-state index contributed by atoms with van der Waals surface area (Å²) in [7, 11) is 0. The molecule has 0 aliphatic carbocycles. The van der Waals surface area contributed by atoms with E-state index >= 15 is 0 Å². The second-order valence-corrected chi connectivity index (χ2v) is 5.47. The standard InChI is InChI=1S/C13H22N2O2/c1-10(2)12-14-7-9-15(12)8-6-11(16)17-13(3,4)5/h7,9-10H,6,8H2,1-5H3. The van der Waals surface area contributed by atoms with Crippen molar-refractivity contribution in [1.29, 1.82) is 0 Å². The largest absolute Gasteiger partial charge is 0.460 e. The Balaban J connectivity index is 2.50. The van der Waals surface area contributed by atoms with Crippen molar-refractivity contribution >= 4 is 5.97 Å². The van der Waals surface area contributed by atoms with Crippen LogP contribution in [0.5, 0.6) is 0 Å². The van der Waals surface area contributed by atoms with Crippen molar-refractivity contribution in [3.05, 3.63) is 18.2 Å². The lowest BCUT2D eigenvalue weighted by atomic mass is 10.2. The summed E-state index contributed by atoms with van der Waals surface area (Å²) in [5.74, 6) is 1.21. The molecule has 0 bridgehead atoms. The van der Waals surface area contributed by atoms with Crippen LogP contribution in [0, 0.1) is 0 Å². The van der Waals surface area contributed by atoms with Gasteiger partial charge in [0.15, 0.2) is 0 Å². The van der Waals surface area contributed by atoms with E-state index < -0.39 is 5.60 Å². The quantitative estimate of drug-likeness (QED) is 0.758. The second kappa shape index (κ2) is 5.34. The number of carbonyl (C=O) groups is 1. The first-order valence-corrected chi connectivity index (χ1v) is 6.02. The fourth-order valence-corrected chi connectivity index (χ4v) is 1.61. The van der Waals surface area contributed by atoms with Gasteiger partial charge >= 0.3 is 5.97 Å². The highest BCUT2D eigenvalue weighted by Crippen LogP contribution is 2.13. The highest BCUT2D eigenvalue weighted by molar-refractivity contribution is 5.69. The van der Waals surface area contributed by atoms with Gasteiger partial charge < -0.3 is 9.30 Å².